The minimum absolute atomic E-state index is 0. The lowest BCUT2D eigenvalue weighted by Crippen LogP contribution is -2.40. The van der Waals surface area contributed by atoms with Crippen LogP contribution in [0.2, 0.25) is 0 Å². The molecule has 1 rings (SSSR count). The van der Waals surface area contributed by atoms with E-state index < -0.39 is 15.6 Å². The highest BCUT2D eigenvalue weighted by atomic mass is 127. The molecule has 0 saturated carbocycles. The van der Waals surface area contributed by atoms with Gasteiger partial charge in [-0.15, -0.1) is 35.3 Å². The first-order chi connectivity index (χ1) is 11.3. The lowest BCUT2D eigenvalue weighted by atomic mass is 10.1. The molecule has 7 nitrogen and oxygen atoms in total. The van der Waals surface area contributed by atoms with Crippen molar-refractivity contribution in [2.45, 2.75) is 32.8 Å². The molecule has 1 heterocycles. The Labute approximate surface area is 171 Å². The van der Waals surface area contributed by atoms with E-state index in [0.29, 0.717) is 32.0 Å². The van der Waals surface area contributed by atoms with Gasteiger partial charge >= 0.3 is 0 Å². The zero-order chi connectivity index (χ0) is 18.1. The van der Waals surface area contributed by atoms with Crippen LogP contribution in [0.1, 0.15) is 32.1 Å². The molecule has 0 aliphatic rings. The molecular weight excluding hydrogens is 475 g/mol. The van der Waals surface area contributed by atoms with Crippen molar-refractivity contribution in [1.82, 2.24) is 15.4 Å². The van der Waals surface area contributed by atoms with E-state index in [1.807, 2.05) is 24.4 Å². The normalized spacial score (nSPS) is 14.5. The van der Waals surface area contributed by atoms with Crippen LogP contribution in [-0.4, -0.2) is 51.4 Å². The van der Waals surface area contributed by atoms with Crippen LogP contribution in [0.15, 0.2) is 22.5 Å². The van der Waals surface area contributed by atoms with Crippen molar-refractivity contribution in [3.63, 3.8) is 0 Å². The SMILES string of the molecule is CCNC(=NCC(C)(O)c1cccs1)NCCCNS(=O)(=O)CC.I. The summed E-state index contributed by atoms with van der Waals surface area (Å²) in [7, 11) is -3.14. The minimum Gasteiger partial charge on any atom is -0.383 e. The maximum absolute atomic E-state index is 11.3. The number of nitrogens with one attached hydrogen (secondary N) is 3. The van der Waals surface area contributed by atoms with Crippen LogP contribution in [0, 0.1) is 0 Å². The molecular formula is C15H29IN4O3S2. The summed E-state index contributed by atoms with van der Waals surface area (Å²) in [4.78, 5) is 5.29. The highest BCUT2D eigenvalue weighted by Crippen LogP contribution is 2.25. The van der Waals surface area contributed by atoms with E-state index >= 15 is 0 Å². The van der Waals surface area contributed by atoms with Gasteiger partial charge in [0.15, 0.2) is 5.96 Å². The fraction of sp³-hybridized carbons (Fsp3) is 0.667. The number of nitrogens with zero attached hydrogens (tertiary/aromatic N) is 1. The molecule has 1 aromatic heterocycles. The van der Waals surface area contributed by atoms with Gasteiger partial charge in [-0.2, -0.15) is 0 Å². The molecule has 0 aromatic carbocycles. The van der Waals surface area contributed by atoms with Crippen molar-refractivity contribution >= 4 is 51.3 Å². The number of halogens is 1. The first-order valence-corrected chi connectivity index (χ1v) is 10.6. The Morgan fingerprint density at radius 1 is 1.32 bits per heavy atom. The molecule has 0 aliphatic carbocycles. The molecule has 0 spiro atoms. The number of aliphatic imine (C=N–C) groups is 1. The summed E-state index contributed by atoms with van der Waals surface area (Å²) in [5.41, 5.74) is -1.01. The highest BCUT2D eigenvalue weighted by Gasteiger charge is 2.23. The largest absolute Gasteiger partial charge is 0.383 e. The number of hydrogen-bond acceptors (Lipinski definition) is 5. The molecule has 1 aromatic rings. The molecule has 4 N–H and O–H groups in total. The van der Waals surface area contributed by atoms with Crippen molar-refractivity contribution in [2.75, 3.05) is 31.9 Å². The number of hydrogen-bond donors (Lipinski definition) is 4. The standard InChI is InChI=1S/C15H28N4O3S2.HI/c1-4-16-14(17-9-7-10-19-24(21,22)5-2)18-12-15(3,20)13-8-6-11-23-13;/h6,8,11,19-20H,4-5,7,9-10,12H2,1-3H3,(H2,16,17,18);1H. The second-order valence-electron chi connectivity index (χ2n) is 5.52. The van der Waals surface area contributed by atoms with Gasteiger partial charge in [-0.3, -0.25) is 0 Å². The summed E-state index contributed by atoms with van der Waals surface area (Å²) >= 11 is 1.50. The Morgan fingerprint density at radius 3 is 2.60 bits per heavy atom. The Morgan fingerprint density at radius 2 is 2.04 bits per heavy atom. The maximum Gasteiger partial charge on any atom is 0.211 e. The summed E-state index contributed by atoms with van der Waals surface area (Å²) < 4.78 is 25.2. The van der Waals surface area contributed by atoms with Gasteiger partial charge in [0, 0.05) is 24.5 Å². The molecule has 0 amide bonds. The number of rotatable bonds is 10. The fourth-order valence-electron chi connectivity index (χ4n) is 1.86. The first kappa shape index (κ1) is 24.6. The van der Waals surface area contributed by atoms with Crippen molar-refractivity contribution < 1.29 is 13.5 Å². The predicted octanol–water partition coefficient (Wildman–Crippen LogP) is 1.46. The Hall–Kier alpha value is -0.430. The van der Waals surface area contributed by atoms with Crippen molar-refractivity contribution in [2.24, 2.45) is 4.99 Å². The molecule has 1 unspecified atom stereocenters. The molecule has 10 heteroatoms. The van der Waals surface area contributed by atoms with Crippen LogP contribution in [0.5, 0.6) is 0 Å². The van der Waals surface area contributed by atoms with Gasteiger partial charge in [0.05, 0.1) is 12.3 Å². The van der Waals surface area contributed by atoms with Gasteiger partial charge in [-0.1, -0.05) is 6.07 Å². The molecule has 25 heavy (non-hydrogen) atoms. The van der Waals surface area contributed by atoms with Gasteiger partial charge in [0.1, 0.15) is 5.60 Å². The lowest BCUT2D eigenvalue weighted by Gasteiger charge is -2.20. The van der Waals surface area contributed by atoms with Crippen molar-refractivity contribution in [3.05, 3.63) is 22.4 Å². The van der Waals surface area contributed by atoms with Crippen molar-refractivity contribution in [3.8, 4) is 0 Å². The van der Waals surface area contributed by atoms with E-state index in [1.165, 1.54) is 11.3 Å². The maximum atomic E-state index is 11.3. The molecule has 0 aliphatic heterocycles. The van der Waals surface area contributed by atoms with Gasteiger partial charge in [0.2, 0.25) is 10.0 Å². The van der Waals surface area contributed by atoms with E-state index in [9.17, 15) is 13.5 Å². The monoisotopic (exact) mass is 504 g/mol. The third kappa shape index (κ3) is 9.73. The van der Waals surface area contributed by atoms with Crippen LogP contribution in [0.4, 0.5) is 0 Å². The van der Waals surface area contributed by atoms with E-state index in [4.69, 9.17) is 0 Å². The molecule has 0 fully saturated rings. The van der Waals surface area contributed by atoms with Gasteiger partial charge in [-0.05, 0) is 38.6 Å². The summed E-state index contributed by atoms with van der Waals surface area (Å²) in [6, 6.07) is 3.79. The summed E-state index contributed by atoms with van der Waals surface area (Å²) in [6.45, 7) is 7.22. The van der Waals surface area contributed by atoms with Gasteiger partial charge < -0.3 is 15.7 Å². The quantitative estimate of drug-likeness (QED) is 0.167. The van der Waals surface area contributed by atoms with Gasteiger partial charge in [-0.25, -0.2) is 18.1 Å². The number of sulfonamides is 1. The zero-order valence-corrected chi connectivity index (χ0v) is 18.9. The van der Waals surface area contributed by atoms with E-state index in [0.717, 1.165) is 4.88 Å². The molecule has 0 radical (unpaired) electrons. The summed E-state index contributed by atoms with van der Waals surface area (Å²) in [5, 5.41) is 18.7. The summed E-state index contributed by atoms with van der Waals surface area (Å²) in [5.74, 6) is 0.690. The average molecular weight is 504 g/mol. The Kier molecular flexibility index (Phi) is 11.8. The number of aliphatic hydroxyl groups is 1. The third-order valence-corrected chi connectivity index (χ3v) is 5.82. The molecule has 0 bridgehead atoms. The predicted molar refractivity (Wildman–Crippen MR) is 115 cm³/mol. The van der Waals surface area contributed by atoms with Crippen LogP contribution in [-0.2, 0) is 15.6 Å². The highest BCUT2D eigenvalue weighted by molar-refractivity contribution is 14.0. The van der Waals surface area contributed by atoms with Crippen LogP contribution >= 0.6 is 35.3 Å². The third-order valence-electron chi connectivity index (χ3n) is 3.29. The van der Waals surface area contributed by atoms with Crippen LogP contribution < -0.4 is 15.4 Å². The van der Waals surface area contributed by atoms with Crippen molar-refractivity contribution in [1.29, 1.82) is 0 Å². The molecule has 146 valence electrons. The average Bonchev–Trinajstić information content (AvgIpc) is 3.07. The molecule has 0 saturated heterocycles. The first-order valence-electron chi connectivity index (χ1n) is 8.06. The Balaban J connectivity index is 0.00000576. The Bertz CT molecular complexity index is 604. The smallest absolute Gasteiger partial charge is 0.211 e. The van der Waals surface area contributed by atoms with Crippen LogP contribution in [0.25, 0.3) is 0 Å². The molecule has 1 atom stereocenters. The lowest BCUT2D eigenvalue weighted by molar-refractivity contribution is 0.0711. The number of guanidine groups is 1. The second-order valence-corrected chi connectivity index (χ2v) is 8.57. The minimum atomic E-state index is -3.14. The summed E-state index contributed by atoms with van der Waals surface area (Å²) in [6.07, 6.45) is 0.644. The van der Waals surface area contributed by atoms with Gasteiger partial charge in [0.25, 0.3) is 0 Å². The topological polar surface area (TPSA) is 103 Å². The van der Waals surface area contributed by atoms with Crippen LogP contribution in [0.3, 0.4) is 0 Å². The zero-order valence-electron chi connectivity index (χ0n) is 14.9. The fourth-order valence-corrected chi connectivity index (χ4v) is 3.30. The van der Waals surface area contributed by atoms with E-state index in [1.54, 1.807) is 13.8 Å². The van der Waals surface area contributed by atoms with E-state index in [2.05, 4.69) is 20.3 Å². The van der Waals surface area contributed by atoms with E-state index in [-0.39, 0.29) is 36.3 Å². The second kappa shape index (κ2) is 12.0. The number of thiophene rings is 1.